The molecule has 2 aromatic carbocycles. The molecule has 0 fully saturated rings. The zero-order chi connectivity index (χ0) is 17.7. The van der Waals surface area contributed by atoms with Crippen molar-refractivity contribution < 1.29 is 23.9 Å². The summed E-state index contributed by atoms with van der Waals surface area (Å²) in [6, 6.07) is 8.87. The van der Waals surface area contributed by atoms with Gasteiger partial charge in [0.05, 0.1) is 26.3 Å². The van der Waals surface area contributed by atoms with E-state index in [4.69, 9.17) is 14.2 Å². The summed E-state index contributed by atoms with van der Waals surface area (Å²) < 4.78 is 15.1. The van der Waals surface area contributed by atoms with Crippen molar-refractivity contribution in [3.05, 3.63) is 52.1 Å². The lowest BCUT2D eigenvalue weighted by molar-refractivity contribution is -0.385. The smallest absolute Gasteiger partial charge is 0.312 e. The summed E-state index contributed by atoms with van der Waals surface area (Å²) in [6.45, 7) is 0. The Morgan fingerprint density at radius 2 is 1.62 bits per heavy atom. The van der Waals surface area contributed by atoms with Gasteiger partial charge >= 0.3 is 5.69 Å². The van der Waals surface area contributed by atoms with Gasteiger partial charge in [0, 0.05) is 23.4 Å². The predicted octanol–water partition coefficient (Wildman–Crippen LogP) is 2.87. The number of anilines is 1. The van der Waals surface area contributed by atoms with Crippen molar-refractivity contribution >= 4 is 17.3 Å². The molecule has 0 saturated carbocycles. The quantitative estimate of drug-likeness (QED) is 0.645. The number of carbonyl (C=O) groups is 1. The van der Waals surface area contributed by atoms with Crippen molar-refractivity contribution in [3.63, 3.8) is 0 Å². The first-order valence-electron chi connectivity index (χ1n) is 6.85. The van der Waals surface area contributed by atoms with Crippen LogP contribution in [-0.2, 0) is 0 Å². The Hall–Kier alpha value is -3.29. The van der Waals surface area contributed by atoms with E-state index < -0.39 is 10.8 Å². The molecular weight excluding hydrogens is 316 g/mol. The Kier molecular flexibility index (Phi) is 5.20. The summed E-state index contributed by atoms with van der Waals surface area (Å²) in [4.78, 5) is 22.8. The van der Waals surface area contributed by atoms with Gasteiger partial charge in [-0.2, -0.15) is 0 Å². The number of nitrogens with zero attached hydrogens (tertiary/aromatic N) is 1. The second kappa shape index (κ2) is 7.32. The highest BCUT2D eigenvalue weighted by atomic mass is 16.6. The van der Waals surface area contributed by atoms with Gasteiger partial charge in [-0.15, -0.1) is 0 Å². The van der Waals surface area contributed by atoms with Crippen LogP contribution in [0.5, 0.6) is 17.2 Å². The van der Waals surface area contributed by atoms with Gasteiger partial charge in [-0.05, 0) is 24.3 Å². The van der Waals surface area contributed by atoms with E-state index in [9.17, 15) is 14.9 Å². The summed E-state index contributed by atoms with van der Waals surface area (Å²) in [5, 5.41) is 13.6. The molecule has 0 spiro atoms. The average molecular weight is 332 g/mol. The number of rotatable bonds is 6. The van der Waals surface area contributed by atoms with Gasteiger partial charge in [0.25, 0.3) is 5.91 Å². The van der Waals surface area contributed by atoms with E-state index in [2.05, 4.69) is 5.32 Å². The number of hydrogen-bond acceptors (Lipinski definition) is 6. The Bertz CT molecular complexity index is 753. The number of nitro groups is 1. The van der Waals surface area contributed by atoms with Gasteiger partial charge in [-0.25, -0.2) is 0 Å². The van der Waals surface area contributed by atoms with Gasteiger partial charge in [0.2, 0.25) is 0 Å². The van der Waals surface area contributed by atoms with E-state index in [1.807, 2.05) is 0 Å². The lowest BCUT2D eigenvalue weighted by Gasteiger charge is -2.10. The fourth-order valence-electron chi connectivity index (χ4n) is 2.05. The Morgan fingerprint density at radius 1 is 1.00 bits per heavy atom. The lowest BCUT2D eigenvalue weighted by Crippen LogP contribution is -2.12. The van der Waals surface area contributed by atoms with Crippen molar-refractivity contribution in [2.24, 2.45) is 0 Å². The second-order valence-corrected chi connectivity index (χ2v) is 4.70. The fraction of sp³-hybridized carbons (Fsp3) is 0.188. The van der Waals surface area contributed by atoms with E-state index >= 15 is 0 Å². The zero-order valence-corrected chi connectivity index (χ0v) is 13.4. The van der Waals surface area contributed by atoms with Gasteiger partial charge in [-0.1, -0.05) is 0 Å². The van der Waals surface area contributed by atoms with Crippen molar-refractivity contribution in [2.75, 3.05) is 26.6 Å². The van der Waals surface area contributed by atoms with Crippen LogP contribution in [0, 0.1) is 10.1 Å². The summed E-state index contributed by atoms with van der Waals surface area (Å²) in [5.41, 5.74) is 0.331. The van der Waals surface area contributed by atoms with Crippen LogP contribution >= 0.6 is 0 Å². The molecule has 0 radical (unpaired) electrons. The van der Waals surface area contributed by atoms with E-state index in [1.165, 1.54) is 51.7 Å². The number of carbonyl (C=O) groups excluding carboxylic acids is 1. The minimum atomic E-state index is -0.580. The van der Waals surface area contributed by atoms with Crippen LogP contribution < -0.4 is 19.5 Å². The van der Waals surface area contributed by atoms with Gasteiger partial charge < -0.3 is 19.5 Å². The lowest BCUT2D eigenvalue weighted by atomic mass is 10.1. The van der Waals surface area contributed by atoms with E-state index in [1.54, 1.807) is 6.07 Å². The first kappa shape index (κ1) is 17.1. The monoisotopic (exact) mass is 332 g/mol. The number of methoxy groups -OCH3 is 3. The second-order valence-electron chi connectivity index (χ2n) is 4.70. The standard InChI is InChI=1S/C16H16N2O6/c1-22-12-6-10(7-13(9-12)23-2)16(19)17-11-4-5-15(24-3)14(8-11)18(20)21/h4-9H,1-3H3,(H,17,19). The molecule has 0 heterocycles. The number of nitro benzene ring substituents is 1. The SMILES string of the molecule is COc1cc(OC)cc(C(=O)Nc2ccc(OC)c([N+](=O)[O-])c2)c1. The molecule has 0 unspecified atom stereocenters. The van der Waals surface area contributed by atoms with Crippen LogP contribution in [-0.4, -0.2) is 32.2 Å². The summed E-state index contributed by atoms with van der Waals surface area (Å²) in [6.07, 6.45) is 0. The number of hydrogen-bond donors (Lipinski definition) is 1. The molecule has 1 amide bonds. The number of ether oxygens (including phenoxy) is 3. The maximum absolute atomic E-state index is 12.4. The molecule has 2 rings (SSSR count). The number of nitrogens with one attached hydrogen (secondary N) is 1. The molecule has 2 aromatic rings. The molecule has 0 aliphatic carbocycles. The minimum absolute atomic E-state index is 0.112. The van der Waals surface area contributed by atoms with E-state index in [0.29, 0.717) is 17.1 Å². The maximum Gasteiger partial charge on any atom is 0.312 e. The van der Waals surface area contributed by atoms with Gasteiger partial charge in [-0.3, -0.25) is 14.9 Å². The van der Waals surface area contributed by atoms with Crippen LogP contribution in [0.4, 0.5) is 11.4 Å². The Labute approximate surface area is 138 Å². The highest BCUT2D eigenvalue weighted by Crippen LogP contribution is 2.30. The normalized spacial score (nSPS) is 9.96. The van der Waals surface area contributed by atoms with Crippen LogP contribution in [0.1, 0.15) is 10.4 Å². The molecule has 0 aliphatic heterocycles. The first-order valence-corrected chi connectivity index (χ1v) is 6.85. The van der Waals surface area contributed by atoms with Crippen molar-refractivity contribution in [1.29, 1.82) is 0 Å². The van der Waals surface area contributed by atoms with Crippen molar-refractivity contribution in [1.82, 2.24) is 0 Å². The van der Waals surface area contributed by atoms with Crippen LogP contribution in [0.3, 0.4) is 0 Å². The summed E-state index contributed by atoms with van der Waals surface area (Å²) in [5.74, 6) is 0.577. The zero-order valence-electron chi connectivity index (χ0n) is 13.4. The largest absolute Gasteiger partial charge is 0.497 e. The van der Waals surface area contributed by atoms with Crippen molar-refractivity contribution in [3.8, 4) is 17.2 Å². The molecule has 126 valence electrons. The third-order valence-electron chi connectivity index (χ3n) is 3.25. The predicted molar refractivity (Wildman–Crippen MR) is 87.1 cm³/mol. The Morgan fingerprint density at radius 3 is 2.12 bits per heavy atom. The molecule has 0 saturated heterocycles. The first-order chi connectivity index (χ1) is 11.5. The number of amides is 1. The van der Waals surface area contributed by atoms with Crippen molar-refractivity contribution in [2.45, 2.75) is 0 Å². The topological polar surface area (TPSA) is 99.9 Å². The van der Waals surface area contributed by atoms with Gasteiger partial charge in [0.15, 0.2) is 5.75 Å². The van der Waals surface area contributed by atoms with E-state index in [0.717, 1.165) is 0 Å². The number of benzene rings is 2. The molecule has 8 heteroatoms. The summed E-state index contributed by atoms with van der Waals surface area (Å²) in [7, 11) is 4.29. The molecule has 0 atom stereocenters. The fourth-order valence-corrected chi connectivity index (χ4v) is 2.05. The van der Waals surface area contributed by atoms with Crippen LogP contribution in [0.15, 0.2) is 36.4 Å². The molecule has 1 N–H and O–H groups in total. The molecule has 0 bridgehead atoms. The summed E-state index contributed by atoms with van der Waals surface area (Å²) >= 11 is 0. The molecular formula is C16H16N2O6. The van der Waals surface area contributed by atoms with Crippen LogP contribution in [0.2, 0.25) is 0 Å². The maximum atomic E-state index is 12.4. The third kappa shape index (κ3) is 3.72. The minimum Gasteiger partial charge on any atom is -0.497 e. The molecule has 8 nitrogen and oxygen atoms in total. The average Bonchev–Trinajstić information content (AvgIpc) is 2.60. The highest BCUT2D eigenvalue weighted by Gasteiger charge is 2.17. The highest BCUT2D eigenvalue weighted by molar-refractivity contribution is 6.05. The molecule has 24 heavy (non-hydrogen) atoms. The Balaban J connectivity index is 2.30. The molecule has 0 aliphatic rings. The van der Waals surface area contributed by atoms with E-state index in [-0.39, 0.29) is 17.1 Å². The molecule has 0 aromatic heterocycles. The van der Waals surface area contributed by atoms with Crippen LogP contribution in [0.25, 0.3) is 0 Å². The third-order valence-corrected chi connectivity index (χ3v) is 3.25. The van der Waals surface area contributed by atoms with Gasteiger partial charge in [0.1, 0.15) is 11.5 Å².